The first-order valence-electron chi connectivity index (χ1n) is 7.60. The van der Waals surface area contributed by atoms with Gasteiger partial charge in [0.15, 0.2) is 5.41 Å². The van der Waals surface area contributed by atoms with Crippen LogP contribution in [0.15, 0.2) is 24.3 Å². The Morgan fingerprint density at radius 1 is 1.29 bits per heavy atom. The summed E-state index contributed by atoms with van der Waals surface area (Å²) in [6, 6.07) is 7.92. The highest BCUT2D eigenvalue weighted by Crippen LogP contribution is 2.61. The van der Waals surface area contributed by atoms with Crippen LogP contribution in [0.4, 0.5) is 0 Å². The fourth-order valence-corrected chi connectivity index (χ4v) is 3.36. The molecule has 0 spiro atoms. The lowest BCUT2D eigenvalue weighted by Crippen LogP contribution is -2.48. The molecule has 0 radical (unpaired) electrons. The first-order valence-corrected chi connectivity index (χ1v) is 7.60. The number of rotatable bonds is 4. The highest BCUT2D eigenvalue weighted by molar-refractivity contribution is 6.07. The Hall–Kier alpha value is -1.84. The number of carbonyl (C=O) groups excluding carboxylic acids is 1. The molecule has 1 aromatic rings. The second-order valence-corrected chi connectivity index (χ2v) is 6.46. The summed E-state index contributed by atoms with van der Waals surface area (Å²) >= 11 is 0. The normalized spacial score (nSPS) is 27.4. The van der Waals surface area contributed by atoms with E-state index in [-0.39, 0.29) is 11.8 Å². The minimum absolute atomic E-state index is 0.179. The van der Waals surface area contributed by atoms with Gasteiger partial charge in [0, 0.05) is 19.0 Å². The van der Waals surface area contributed by atoms with Crippen LogP contribution in [0.2, 0.25) is 0 Å². The number of likely N-dealkylation sites (tertiary alicyclic amines) is 1. The number of hydrogen-bond donors (Lipinski definition) is 1. The van der Waals surface area contributed by atoms with Crippen LogP contribution in [0, 0.1) is 5.41 Å². The van der Waals surface area contributed by atoms with Gasteiger partial charge in [0.1, 0.15) is 0 Å². The van der Waals surface area contributed by atoms with Gasteiger partial charge in [-0.1, -0.05) is 38.1 Å². The number of benzene rings is 1. The van der Waals surface area contributed by atoms with E-state index in [4.69, 9.17) is 0 Å². The zero-order valence-electron chi connectivity index (χ0n) is 12.5. The fraction of sp³-hybridized carbons (Fsp3) is 0.529. The minimum atomic E-state index is -1.22. The predicted octanol–water partition coefficient (Wildman–Crippen LogP) is 2.60. The van der Waals surface area contributed by atoms with Crippen LogP contribution < -0.4 is 0 Å². The monoisotopic (exact) mass is 287 g/mol. The summed E-state index contributed by atoms with van der Waals surface area (Å²) in [6.07, 6.45) is 1.41. The summed E-state index contributed by atoms with van der Waals surface area (Å²) < 4.78 is 0. The molecule has 4 nitrogen and oxygen atoms in total. The second kappa shape index (κ2) is 4.86. The maximum absolute atomic E-state index is 12.6. The maximum atomic E-state index is 12.6. The number of hydrogen-bond acceptors (Lipinski definition) is 2. The van der Waals surface area contributed by atoms with Crippen molar-refractivity contribution in [1.82, 2.24) is 4.90 Å². The zero-order chi connectivity index (χ0) is 15.2. The van der Waals surface area contributed by atoms with E-state index >= 15 is 0 Å². The highest BCUT2D eigenvalue weighted by atomic mass is 16.4. The summed E-state index contributed by atoms with van der Waals surface area (Å²) in [7, 11) is 0. The molecule has 1 aromatic carbocycles. The molecule has 4 heteroatoms. The Morgan fingerprint density at radius 2 is 1.95 bits per heavy atom. The Morgan fingerprint density at radius 3 is 2.48 bits per heavy atom. The molecule has 112 valence electrons. The number of carbonyl (C=O) groups is 2. The van der Waals surface area contributed by atoms with E-state index in [2.05, 4.69) is 13.8 Å². The third kappa shape index (κ3) is 2.04. The molecule has 1 aliphatic heterocycles. The molecule has 2 fully saturated rings. The van der Waals surface area contributed by atoms with Crippen LogP contribution in [0.3, 0.4) is 0 Å². The van der Waals surface area contributed by atoms with Crippen molar-refractivity contribution in [2.75, 3.05) is 13.1 Å². The van der Waals surface area contributed by atoms with Crippen molar-refractivity contribution in [3.63, 3.8) is 0 Å². The molecule has 0 aromatic heterocycles. The molecule has 2 aliphatic rings. The van der Waals surface area contributed by atoms with Gasteiger partial charge in [-0.3, -0.25) is 9.59 Å². The highest BCUT2D eigenvalue weighted by Gasteiger charge is 2.68. The van der Waals surface area contributed by atoms with Crippen molar-refractivity contribution in [2.45, 2.75) is 38.5 Å². The lowest BCUT2D eigenvalue weighted by Gasteiger charge is -2.33. The Kier molecular flexibility index (Phi) is 3.27. The minimum Gasteiger partial charge on any atom is -0.480 e. The van der Waals surface area contributed by atoms with Gasteiger partial charge in [-0.25, -0.2) is 0 Å². The zero-order valence-corrected chi connectivity index (χ0v) is 12.5. The number of aliphatic carboxylic acids is 1. The number of amides is 1. The summed E-state index contributed by atoms with van der Waals surface area (Å²) in [5.74, 6) is -1.01. The van der Waals surface area contributed by atoms with Gasteiger partial charge >= 0.3 is 5.97 Å². The van der Waals surface area contributed by atoms with E-state index in [1.807, 2.05) is 24.3 Å². The first kappa shape index (κ1) is 14.1. The Bertz CT molecular complexity index is 591. The van der Waals surface area contributed by atoms with Gasteiger partial charge in [-0.2, -0.15) is 0 Å². The third-order valence-corrected chi connectivity index (χ3v) is 4.86. The van der Waals surface area contributed by atoms with E-state index in [0.29, 0.717) is 25.4 Å². The van der Waals surface area contributed by atoms with Crippen LogP contribution >= 0.6 is 0 Å². The quantitative estimate of drug-likeness (QED) is 0.866. The van der Waals surface area contributed by atoms with E-state index in [9.17, 15) is 14.7 Å². The molecular formula is C17H21NO3. The first-order chi connectivity index (χ1) is 9.98. The molecule has 2 atom stereocenters. The summed E-state index contributed by atoms with van der Waals surface area (Å²) in [4.78, 5) is 26.0. The van der Waals surface area contributed by atoms with Crippen LogP contribution in [0.25, 0.3) is 0 Å². The van der Waals surface area contributed by atoms with Gasteiger partial charge in [0.2, 0.25) is 5.91 Å². The third-order valence-electron chi connectivity index (χ3n) is 4.86. The molecule has 1 amide bonds. The number of carboxylic acids is 1. The smallest absolute Gasteiger partial charge is 0.319 e. The van der Waals surface area contributed by atoms with Gasteiger partial charge in [0.05, 0.1) is 0 Å². The van der Waals surface area contributed by atoms with Gasteiger partial charge in [-0.15, -0.1) is 0 Å². The molecule has 0 bridgehead atoms. The van der Waals surface area contributed by atoms with E-state index < -0.39 is 11.4 Å². The lowest BCUT2D eigenvalue weighted by atomic mass is 9.89. The topological polar surface area (TPSA) is 57.6 Å². The molecule has 1 heterocycles. The van der Waals surface area contributed by atoms with Crippen molar-refractivity contribution in [2.24, 2.45) is 5.41 Å². The fourth-order valence-electron chi connectivity index (χ4n) is 3.36. The SMILES string of the molecule is CC(C)c1ccccc1C1CC1(C(=O)O)C(=O)N1CCC1. The van der Waals surface area contributed by atoms with Crippen molar-refractivity contribution >= 4 is 11.9 Å². The summed E-state index contributed by atoms with van der Waals surface area (Å²) in [5, 5.41) is 9.66. The van der Waals surface area contributed by atoms with Crippen molar-refractivity contribution in [1.29, 1.82) is 0 Å². The molecule has 3 rings (SSSR count). The van der Waals surface area contributed by atoms with Crippen LogP contribution in [-0.2, 0) is 9.59 Å². The lowest BCUT2D eigenvalue weighted by molar-refractivity contribution is -0.155. The van der Waals surface area contributed by atoms with Crippen LogP contribution in [-0.4, -0.2) is 35.0 Å². The average Bonchev–Trinajstić information content (AvgIpc) is 3.13. The molecule has 1 saturated heterocycles. The van der Waals surface area contributed by atoms with E-state index in [1.165, 1.54) is 0 Å². The molecule has 1 aliphatic carbocycles. The van der Waals surface area contributed by atoms with E-state index in [0.717, 1.165) is 17.5 Å². The molecular weight excluding hydrogens is 266 g/mol. The van der Waals surface area contributed by atoms with Gasteiger partial charge in [-0.05, 0) is 29.9 Å². The number of nitrogens with zero attached hydrogens (tertiary/aromatic N) is 1. The van der Waals surface area contributed by atoms with Crippen molar-refractivity contribution < 1.29 is 14.7 Å². The van der Waals surface area contributed by atoms with Crippen molar-refractivity contribution in [3.8, 4) is 0 Å². The predicted molar refractivity (Wildman–Crippen MR) is 79.2 cm³/mol. The summed E-state index contributed by atoms with van der Waals surface area (Å²) in [5.41, 5.74) is 0.969. The average molecular weight is 287 g/mol. The molecule has 1 N–H and O–H groups in total. The van der Waals surface area contributed by atoms with Gasteiger partial charge in [0.25, 0.3) is 0 Å². The standard InChI is InChI=1S/C17H21NO3/c1-11(2)12-6-3-4-7-13(12)14-10-17(14,16(20)21)15(19)18-8-5-9-18/h3-4,6-7,11,14H,5,8-10H2,1-2H3,(H,20,21). The van der Waals surface area contributed by atoms with Crippen LogP contribution in [0.1, 0.15) is 49.7 Å². The maximum Gasteiger partial charge on any atom is 0.319 e. The Labute approximate surface area is 124 Å². The largest absolute Gasteiger partial charge is 0.480 e. The van der Waals surface area contributed by atoms with Crippen molar-refractivity contribution in [3.05, 3.63) is 35.4 Å². The molecule has 21 heavy (non-hydrogen) atoms. The second-order valence-electron chi connectivity index (χ2n) is 6.46. The summed E-state index contributed by atoms with van der Waals surface area (Å²) in [6.45, 7) is 5.60. The molecule has 1 saturated carbocycles. The number of carboxylic acid groups (broad SMARTS) is 1. The van der Waals surface area contributed by atoms with E-state index in [1.54, 1.807) is 4.90 Å². The van der Waals surface area contributed by atoms with Crippen LogP contribution in [0.5, 0.6) is 0 Å². The molecule has 2 unspecified atom stereocenters. The Balaban J connectivity index is 1.94. The van der Waals surface area contributed by atoms with Gasteiger partial charge < -0.3 is 10.0 Å².